The van der Waals surface area contributed by atoms with Gasteiger partial charge in [-0.05, 0) is 18.6 Å². The zero-order chi connectivity index (χ0) is 14.7. The summed E-state index contributed by atoms with van der Waals surface area (Å²) in [5, 5.41) is 15.5. The molecular formula is C14H16N2O4. The number of benzene rings is 1. The summed E-state index contributed by atoms with van der Waals surface area (Å²) < 4.78 is 10.6. The Morgan fingerprint density at radius 2 is 2.05 bits per heavy atom. The first-order chi connectivity index (χ1) is 9.60. The van der Waals surface area contributed by atoms with Crippen LogP contribution in [0.2, 0.25) is 0 Å². The smallest absolute Gasteiger partial charge is 0.353 e. The van der Waals surface area contributed by atoms with E-state index in [0.29, 0.717) is 17.2 Å². The van der Waals surface area contributed by atoms with Gasteiger partial charge < -0.3 is 14.6 Å². The standard InChI is InChI=1S/C14H16N2O4/c1-4-9-10(5-8(19-2)6-13(9)20-3)11-7-12(14(17)18)16-15-11/h5-7H,4H2,1-3H3,(H,15,16)(H,17,18). The summed E-state index contributed by atoms with van der Waals surface area (Å²) in [6, 6.07) is 5.12. The van der Waals surface area contributed by atoms with E-state index < -0.39 is 5.97 Å². The van der Waals surface area contributed by atoms with Crippen LogP contribution in [0.1, 0.15) is 23.0 Å². The second-order valence-electron chi connectivity index (χ2n) is 4.18. The van der Waals surface area contributed by atoms with E-state index >= 15 is 0 Å². The quantitative estimate of drug-likeness (QED) is 0.875. The molecule has 0 aliphatic heterocycles. The van der Waals surface area contributed by atoms with Crippen molar-refractivity contribution in [2.45, 2.75) is 13.3 Å². The Morgan fingerprint density at radius 3 is 2.55 bits per heavy atom. The Kier molecular flexibility index (Phi) is 3.93. The average Bonchev–Trinajstić information content (AvgIpc) is 2.95. The molecule has 2 aromatic rings. The van der Waals surface area contributed by atoms with Crippen LogP contribution in [0.4, 0.5) is 0 Å². The van der Waals surface area contributed by atoms with E-state index in [1.807, 2.05) is 13.0 Å². The fourth-order valence-electron chi connectivity index (χ4n) is 2.08. The highest BCUT2D eigenvalue weighted by Gasteiger charge is 2.16. The molecule has 2 rings (SSSR count). The van der Waals surface area contributed by atoms with Crippen molar-refractivity contribution in [1.29, 1.82) is 0 Å². The van der Waals surface area contributed by atoms with Crippen LogP contribution < -0.4 is 9.47 Å². The molecule has 0 aliphatic carbocycles. The number of hydrogen-bond acceptors (Lipinski definition) is 4. The van der Waals surface area contributed by atoms with E-state index in [1.165, 1.54) is 6.07 Å². The molecule has 0 saturated carbocycles. The fraction of sp³-hybridized carbons (Fsp3) is 0.286. The van der Waals surface area contributed by atoms with Gasteiger partial charge in [-0.15, -0.1) is 0 Å². The van der Waals surface area contributed by atoms with Crippen LogP contribution in [0.3, 0.4) is 0 Å². The number of nitrogens with one attached hydrogen (secondary N) is 1. The highest BCUT2D eigenvalue weighted by Crippen LogP contribution is 2.35. The van der Waals surface area contributed by atoms with Crippen molar-refractivity contribution in [3.05, 3.63) is 29.5 Å². The molecular weight excluding hydrogens is 260 g/mol. The molecule has 0 aliphatic rings. The molecule has 0 bridgehead atoms. The summed E-state index contributed by atoms with van der Waals surface area (Å²) in [5.74, 6) is 0.285. The molecule has 0 amide bonds. The van der Waals surface area contributed by atoms with Gasteiger partial charge in [-0.2, -0.15) is 5.10 Å². The third-order valence-electron chi connectivity index (χ3n) is 3.08. The van der Waals surface area contributed by atoms with Crippen LogP contribution >= 0.6 is 0 Å². The van der Waals surface area contributed by atoms with Crippen molar-refractivity contribution >= 4 is 5.97 Å². The molecule has 1 aromatic heterocycles. The number of rotatable bonds is 5. The van der Waals surface area contributed by atoms with Gasteiger partial charge in [0, 0.05) is 17.2 Å². The van der Waals surface area contributed by atoms with Crippen molar-refractivity contribution in [2.24, 2.45) is 0 Å². The van der Waals surface area contributed by atoms with Crippen molar-refractivity contribution in [2.75, 3.05) is 14.2 Å². The zero-order valence-electron chi connectivity index (χ0n) is 11.6. The topological polar surface area (TPSA) is 84.4 Å². The molecule has 106 valence electrons. The Bertz CT molecular complexity index is 634. The molecule has 1 heterocycles. The van der Waals surface area contributed by atoms with E-state index in [4.69, 9.17) is 14.6 Å². The van der Waals surface area contributed by atoms with Crippen molar-refractivity contribution < 1.29 is 19.4 Å². The average molecular weight is 276 g/mol. The summed E-state index contributed by atoms with van der Waals surface area (Å²) in [6.07, 6.45) is 0.734. The predicted molar refractivity (Wildman–Crippen MR) is 73.5 cm³/mol. The van der Waals surface area contributed by atoms with Gasteiger partial charge >= 0.3 is 5.97 Å². The van der Waals surface area contributed by atoms with E-state index in [0.717, 1.165) is 17.5 Å². The number of carboxylic acids is 1. The summed E-state index contributed by atoms with van der Waals surface area (Å²) in [5.41, 5.74) is 2.35. The lowest BCUT2D eigenvalue weighted by Gasteiger charge is -2.13. The van der Waals surface area contributed by atoms with Gasteiger partial charge in [-0.1, -0.05) is 6.92 Å². The lowest BCUT2D eigenvalue weighted by molar-refractivity contribution is 0.0690. The van der Waals surface area contributed by atoms with E-state index in [-0.39, 0.29) is 5.69 Å². The minimum absolute atomic E-state index is 0.0452. The minimum atomic E-state index is -1.04. The minimum Gasteiger partial charge on any atom is -0.497 e. The second-order valence-corrected chi connectivity index (χ2v) is 4.18. The van der Waals surface area contributed by atoms with Gasteiger partial charge in [0.1, 0.15) is 17.2 Å². The Morgan fingerprint density at radius 1 is 1.30 bits per heavy atom. The highest BCUT2D eigenvalue weighted by atomic mass is 16.5. The highest BCUT2D eigenvalue weighted by molar-refractivity contribution is 5.87. The number of nitrogens with zero attached hydrogens (tertiary/aromatic N) is 1. The number of aromatic nitrogens is 2. The van der Waals surface area contributed by atoms with Crippen LogP contribution in [-0.4, -0.2) is 35.5 Å². The SMILES string of the molecule is CCc1c(OC)cc(OC)cc1-c1cc(C(=O)O)[nH]n1. The van der Waals surface area contributed by atoms with Crippen LogP contribution in [0, 0.1) is 0 Å². The number of aromatic amines is 1. The number of methoxy groups -OCH3 is 2. The van der Waals surface area contributed by atoms with Crippen LogP contribution in [0.25, 0.3) is 11.3 Å². The normalized spacial score (nSPS) is 10.3. The lowest BCUT2D eigenvalue weighted by atomic mass is 10.0. The molecule has 20 heavy (non-hydrogen) atoms. The molecule has 0 fully saturated rings. The van der Waals surface area contributed by atoms with Gasteiger partial charge in [-0.3, -0.25) is 5.10 Å². The molecule has 0 unspecified atom stereocenters. The second kappa shape index (κ2) is 5.64. The molecule has 0 atom stereocenters. The van der Waals surface area contributed by atoms with E-state index in [2.05, 4.69) is 10.2 Å². The lowest BCUT2D eigenvalue weighted by Crippen LogP contribution is -1.96. The third kappa shape index (κ3) is 2.45. The summed E-state index contributed by atoms with van der Waals surface area (Å²) in [7, 11) is 3.16. The molecule has 1 aromatic carbocycles. The summed E-state index contributed by atoms with van der Waals surface area (Å²) in [4.78, 5) is 10.9. The van der Waals surface area contributed by atoms with Crippen molar-refractivity contribution in [3.63, 3.8) is 0 Å². The van der Waals surface area contributed by atoms with Gasteiger partial charge in [0.2, 0.25) is 0 Å². The largest absolute Gasteiger partial charge is 0.497 e. The van der Waals surface area contributed by atoms with Gasteiger partial charge in [-0.25, -0.2) is 4.79 Å². The molecule has 2 N–H and O–H groups in total. The molecule has 6 heteroatoms. The first-order valence-corrected chi connectivity index (χ1v) is 6.14. The maximum Gasteiger partial charge on any atom is 0.353 e. The number of ether oxygens (including phenoxy) is 2. The van der Waals surface area contributed by atoms with E-state index in [9.17, 15) is 4.79 Å². The molecule has 0 saturated heterocycles. The summed E-state index contributed by atoms with van der Waals surface area (Å²) >= 11 is 0. The number of aromatic carboxylic acids is 1. The third-order valence-corrected chi connectivity index (χ3v) is 3.08. The van der Waals surface area contributed by atoms with Crippen LogP contribution in [0.15, 0.2) is 18.2 Å². The number of carbonyl (C=O) groups is 1. The zero-order valence-corrected chi connectivity index (χ0v) is 11.6. The van der Waals surface area contributed by atoms with Crippen molar-refractivity contribution in [1.82, 2.24) is 10.2 Å². The summed E-state index contributed by atoms with van der Waals surface area (Å²) in [6.45, 7) is 2.00. The number of H-pyrrole nitrogens is 1. The fourth-order valence-corrected chi connectivity index (χ4v) is 2.08. The van der Waals surface area contributed by atoms with E-state index in [1.54, 1.807) is 20.3 Å². The predicted octanol–water partition coefficient (Wildman–Crippen LogP) is 2.35. The van der Waals surface area contributed by atoms with Crippen molar-refractivity contribution in [3.8, 4) is 22.8 Å². The van der Waals surface area contributed by atoms with Crippen LogP contribution in [-0.2, 0) is 6.42 Å². The van der Waals surface area contributed by atoms with Gasteiger partial charge in [0.15, 0.2) is 0 Å². The number of hydrogen-bond donors (Lipinski definition) is 2. The van der Waals surface area contributed by atoms with Gasteiger partial charge in [0.05, 0.1) is 19.9 Å². The Balaban J connectivity index is 2.60. The first-order valence-electron chi connectivity index (χ1n) is 6.14. The molecule has 0 radical (unpaired) electrons. The maximum absolute atomic E-state index is 10.9. The first kappa shape index (κ1) is 13.9. The van der Waals surface area contributed by atoms with Gasteiger partial charge in [0.25, 0.3) is 0 Å². The monoisotopic (exact) mass is 276 g/mol. The molecule has 0 spiro atoms. The number of carboxylic acid groups (broad SMARTS) is 1. The van der Waals surface area contributed by atoms with Crippen LogP contribution in [0.5, 0.6) is 11.5 Å². The Labute approximate surface area is 116 Å². The maximum atomic E-state index is 10.9. The molecule has 6 nitrogen and oxygen atoms in total. The Hall–Kier alpha value is -2.50.